The van der Waals surface area contributed by atoms with Crippen LogP contribution in [0.1, 0.15) is 30.9 Å². The molecule has 0 aliphatic carbocycles. The van der Waals surface area contributed by atoms with E-state index < -0.39 is 0 Å². The maximum absolute atomic E-state index is 12.7. The second-order valence-electron chi connectivity index (χ2n) is 7.33. The van der Waals surface area contributed by atoms with E-state index in [1.165, 1.54) is 0 Å². The number of hydrogen-bond acceptors (Lipinski definition) is 8. The summed E-state index contributed by atoms with van der Waals surface area (Å²) >= 11 is 1.66. The summed E-state index contributed by atoms with van der Waals surface area (Å²) in [6, 6.07) is 5.96. The summed E-state index contributed by atoms with van der Waals surface area (Å²) in [6.07, 6.45) is 4.42. The highest BCUT2D eigenvalue weighted by Crippen LogP contribution is 2.35. The first-order chi connectivity index (χ1) is 13.8. The molecule has 1 amide bonds. The molecular formula is C19H23N5O3S. The zero-order chi connectivity index (χ0) is 18.9. The Kier molecular flexibility index (Phi) is 4.79. The molecule has 2 atom stereocenters. The van der Waals surface area contributed by atoms with Crippen LogP contribution in [-0.2, 0) is 4.79 Å². The third-order valence-corrected chi connectivity index (χ3v) is 6.38. The highest BCUT2D eigenvalue weighted by molar-refractivity contribution is 7.13. The van der Waals surface area contributed by atoms with E-state index in [2.05, 4.69) is 26.1 Å². The SMILES string of the molecule is O=C(NC1CCN(c2nccs2)CC1)C1CC(c2ccc3c(c2)OCO3)NN1. The van der Waals surface area contributed by atoms with Crippen molar-refractivity contribution in [3.63, 3.8) is 0 Å². The number of nitrogens with zero attached hydrogens (tertiary/aromatic N) is 2. The van der Waals surface area contributed by atoms with Crippen LogP contribution in [0.4, 0.5) is 5.13 Å². The molecule has 2 fully saturated rings. The number of nitrogens with one attached hydrogen (secondary N) is 3. The van der Waals surface area contributed by atoms with Crippen molar-refractivity contribution in [2.45, 2.75) is 37.4 Å². The largest absolute Gasteiger partial charge is 0.454 e. The predicted molar refractivity (Wildman–Crippen MR) is 105 cm³/mol. The number of benzene rings is 1. The van der Waals surface area contributed by atoms with Gasteiger partial charge in [0.15, 0.2) is 16.6 Å². The van der Waals surface area contributed by atoms with Crippen LogP contribution in [0.25, 0.3) is 0 Å². The van der Waals surface area contributed by atoms with Crippen LogP contribution in [-0.4, -0.2) is 42.9 Å². The maximum Gasteiger partial charge on any atom is 0.238 e. The van der Waals surface area contributed by atoms with Gasteiger partial charge in [-0.15, -0.1) is 11.3 Å². The summed E-state index contributed by atoms with van der Waals surface area (Å²) < 4.78 is 10.8. The Bertz CT molecular complexity index is 838. The van der Waals surface area contributed by atoms with Crippen molar-refractivity contribution < 1.29 is 14.3 Å². The van der Waals surface area contributed by atoms with E-state index in [-0.39, 0.29) is 30.8 Å². The van der Waals surface area contributed by atoms with Crippen LogP contribution in [0.5, 0.6) is 11.5 Å². The van der Waals surface area contributed by atoms with Gasteiger partial charge >= 0.3 is 0 Å². The van der Waals surface area contributed by atoms with Crippen LogP contribution in [0.2, 0.25) is 0 Å². The molecule has 148 valence electrons. The third-order valence-electron chi connectivity index (χ3n) is 5.55. The number of fused-ring (bicyclic) bond motifs is 1. The number of ether oxygens (including phenoxy) is 2. The maximum atomic E-state index is 12.7. The first kappa shape index (κ1) is 17.7. The normalized spacial score (nSPS) is 24.5. The lowest BCUT2D eigenvalue weighted by atomic mass is 10.00. The summed E-state index contributed by atoms with van der Waals surface area (Å²) in [7, 11) is 0. The lowest BCUT2D eigenvalue weighted by Gasteiger charge is -2.32. The van der Waals surface area contributed by atoms with Gasteiger partial charge < -0.3 is 19.7 Å². The third kappa shape index (κ3) is 3.52. The van der Waals surface area contributed by atoms with E-state index in [9.17, 15) is 4.79 Å². The van der Waals surface area contributed by atoms with Gasteiger partial charge in [0.25, 0.3) is 0 Å². The van der Waals surface area contributed by atoms with Gasteiger partial charge in [0.2, 0.25) is 12.7 Å². The minimum absolute atomic E-state index is 0.0587. The molecule has 2 aromatic rings. The van der Waals surface area contributed by atoms with Gasteiger partial charge in [0, 0.05) is 36.8 Å². The van der Waals surface area contributed by atoms with Crippen LogP contribution in [0.3, 0.4) is 0 Å². The van der Waals surface area contributed by atoms with Crippen molar-refractivity contribution in [1.29, 1.82) is 0 Å². The van der Waals surface area contributed by atoms with Crippen LogP contribution >= 0.6 is 11.3 Å². The van der Waals surface area contributed by atoms with Crippen molar-refractivity contribution in [3.05, 3.63) is 35.3 Å². The molecule has 1 aromatic carbocycles. The highest BCUT2D eigenvalue weighted by Gasteiger charge is 2.32. The fourth-order valence-electron chi connectivity index (χ4n) is 3.97. The van der Waals surface area contributed by atoms with Crippen molar-refractivity contribution in [1.82, 2.24) is 21.2 Å². The zero-order valence-corrected chi connectivity index (χ0v) is 16.2. The quantitative estimate of drug-likeness (QED) is 0.717. The monoisotopic (exact) mass is 401 g/mol. The van der Waals surface area contributed by atoms with E-state index in [1.807, 2.05) is 29.8 Å². The van der Waals surface area contributed by atoms with Crippen LogP contribution < -0.4 is 30.5 Å². The second-order valence-corrected chi connectivity index (χ2v) is 8.20. The number of hydrogen-bond donors (Lipinski definition) is 3. The molecule has 28 heavy (non-hydrogen) atoms. The smallest absolute Gasteiger partial charge is 0.238 e. The van der Waals surface area contributed by atoms with Crippen LogP contribution in [0, 0.1) is 0 Å². The Morgan fingerprint density at radius 1 is 1.21 bits per heavy atom. The van der Waals surface area contributed by atoms with Crippen molar-refractivity contribution in [2.24, 2.45) is 0 Å². The number of carbonyl (C=O) groups excluding carboxylic acids is 1. The van der Waals surface area contributed by atoms with E-state index in [0.29, 0.717) is 6.42 Å². The molecule has 0 spiro atoms. The van der Waals surface area contributed by atoms with E-state index in [4.69, 9.17) is 9.47 Å². The number of aromatic nitrogens is 1. The van der Waals surface area contributed by atoms with Gasteiger partial charge in [-0.25, -0.2) is 15.8 Å². The number of amides is 1. The molecule has 8 nitrogen and oxygen atoms in total. The molecule has 0 radical (unpaired) electrons. The Morgan fingerprint density at radius 3 is 2.89 bits per heavy atom. The van der Waals surface area contributed by atoms with Gasteiger partial charge in [0.1, 0.15) is 6.04 Å². The molecule has 0 bridgehead atoms. The molecular weight excluding hydrogens is 378 g/mol. The second kappa shape index (κ2) is 7.57. The number of piperidine rings is 1. The topological polar surface area (TPSA) is 87.8 Å². The van der Waals surface area contributed by atoms with E-state index in [0.717, 1.165) is 48.1 Å². The molecule has 5 rings (SSSR count). The zero-order valence-electron chi connectivity index (χ0n) is 15.4. The first-order valence-corrected chi connectivity index (χ1v) is 10.5. The van der Waals surface area contributed by atoms with Crippen molar-refractivity contribution >= 4 is 22.4 Å². The van der Waals surface area contributed by atoms with E-state index in [1.54, 1.807) is 11.3 Å². The molecule has 3 aliphatic rings. The molecule has 3 N–H and O–H groups in total. The van der Waals surface area contributed by atoms with Gasteiger partial charge in [-0.2, -0.15) is 0 Å². The molecule has 1 aromatic heterocycles. The molecule has 2 unspecified atom stereocenters. The molecule has 3 aliphatic heterocycles. The Morgan fingerprint density at radius 2 is 2.07 bits per heavy atom. The Hall–Kier alpha value is -2.36. The summed E-state index contributed by atoms with van der Waals surface area (Å²) in [4.78, 5) is 19.4. The summed E-state index contributed by atoms with van der Waals surface area (Å²) in [5.74, 6) is 1.59. The van der Waals surface area contributed by atoms with Gasteiger partial charge in [-0.1, -0.05) is 6.07 Å². The van der Waals surface area contributed by atoms with Crippen molar-refractivity contribution in [2.75, 3.05) is 24.8 Å². The van der Waals surface area contributed by atoms with Crippen molar-refractivity contribution in [3.8, 4) is 11.5 Å². The Labute approximate surface area is 167 Å². The summed E-state index contributed by atoms with van der Waals surface area (Å²) in [5, 5.41) is 6.28. The average molecular weight is 401 g/mol. The standard InChI is InChI=1S/C19H23N5O3S/c25-18(21-13-3-6-24(7-4-13)19-20-5-8-28-19)15-10-14(22-23-15)12-1-2-16-17(9-12)27-11-26-16/h1-2,5,8-9,13-15,22-23H,3-4,6-7,10-11H2,(H,21,25). The average Bonchev–Trinajstić information content (AvgIpc) is 3.49. The number of carbonyl (C=O) groups is 1. The minimum atomic E-state index is -0.243. The fourth-order valence-corrected chi connectivity index (χ4v) is 4.66. The predicted octanol–water partition coefficient (Wildman–Crippen LogP) is 1.56. The molecule has 0 saturated carbocycles. The summed E-state index contributed by atoms with van der Waals surface area (Å²) in [6.45, 7) is 2.12. The lowest BCUT2D eigenvalue weighted by molar-refractivity contribution is -0.123. The molecule has 2 saturated heterocycles. The van der Waals surface area contributed by atoms with Gasteiger partial charge in [-0.05, 0) is 37.0 Å². The molecule has 9 heteroatoms. The molecule has 4 heterocycles. The van der Waals surface area contributed by atoms with Crippen LogP contribution in [0.15, 0.2) is 29.8 Å². The number of thiazole rings is 1. The lowest BCUT2D eigenvalue weighted by Crippen LogP contribution is -2.50. The fraction of sp³-hybridized carbons (Fsp3) is 0.474. The first-order valence-electron chi connectivity index (χ1n) is 9.62. The van der Waals surface area contributed by atoms with Gasteiger partial charge in [0.05, 0.1) is 0 Å². The van der Waals surface area contributed by atoms with Gasteiger partial charge in [-0.3, -0.25) is 4.79 Å². The minimum Gasteiger partial charge on any atom is -0.454 e. The van der Waals surface area contributed by atoms with E-state index >= 15 is 0 Å². The number of hydrazine groups is 1. The Balaban J connectivity index is 1.13. The highest BCUT2D eigenvalue weighted by atomic mass is 32.1. The number of rotatable bonds is 4. The number of anilines is 1. The summed E-state index contributed by atoms with van der Waals surface area (Å²) in [5.41, 5.74) is 7.46.